The summed E-state index contributed by atoms with van der Waals surface area (Å²) in [7, 11) is -4.81. The molecule has 142 valence electrons. The molecule has 2 bridgehead atoms. The lowest BCUT2D eigenvalue weighted by Gasteiger charge is -2.29. The van der Waals surface area contributed by atoms with Crippen LogP contribution in [0.1, 0.15) is 12.8 Å². The van der Waals surface area contributed by atoms with Crippen LogP contribution in [0.25, 0.3) is 0 Å². The highest BCUT2D eigenvalue weighted by Gasteiger charge is 2.49. The molecule has 13 heteroatoms. The maximum Gasteiger partial charge on any atom is 0.418 e. The summed E-state index contributed by atoms with van der Waals surface area (Å²) in [6, 6.07) is -2.13. The van der Waals surface area contributed by atoms with Crippen LogP contribution in [0.3, 0.4) is 0 Å². The van der Waals surface area contributed by atoms with E-state index in [-0.39, 0.29) is 19.3 Å². The van der Waals surface area contributed by atoms with Crippen molar-refractivity contribution in [1.29, 1.82) is 0 Å². The Kier molecular flexibility index (Phi) is 5.41. The highest BCUT2D eigenvalue weighted by molar-refractivity contribution is 7.80. The molecule has 12 nitrogen and oxygen atoms in total. The summed E-state index contributed by atoms with van der Waals surface area (Å²) >= 11 is 0. The number of morpholine rings is 1. The van der Waals surface area contributed by atoms with Gasteiger partial charge in [0.1, 0.15) is 12.6 Å². The number of fused-ring (bicyclic) bond motifs is 2. The SMILES string of the molecule is O=C(NOCC1CNCCO1)[C@@H]1CC[C@@H]2CN1C(=O)N2OS(=O)(=O)O. The fourth-order valence-electron chi connectivity index (χ4n) is 3.10. The molecule has 1 unspecified atom stereocenters. The van der Waals surface area contributed by atoms with Crippen LogP contribution >= 0.6 is 0 Å². The average Bonchev–Trinajstić information content (AvgIpc) is 2.79. The highest BCUT2D eigenvalue weighted by atomic mass is 32.3. The van der Waals surface area contributed by atoms with Gasteiger partial charge in [-0.15, -0.1) is 4.28 Å². The van der Waals surface area contributed by atoms with Crippen molar-refractivity contribution < 1.29 is 36.4 Å². The van der Waals surface area contributed by atoms with Gasteiger partial charge in [-0.25, -0.2) is 10.3 Å². The lowest BCUT2D eigenvalue weighted by atomic mass is 10.0. The minimum atomic E-state index is -4.81. The maximum atomic E-state index is 12.3. The zero-order chi connectivity index (χ0) is 18.0. The molecule has 0 radical (unpaired) electrons. The Morgan fingerprint density at radius 3 is 2.92 bits per heavy atom. The number of hydrogen-bond donors (Lipinski definition) is 3. The summed E-state index contributed by atoms with van der Waals surface area (Å²) in [6.45, 7) is 2.25. The number of carbonyl (C=O) groups is 2. The monoisotopic (exact) mass is 380 g/mol. The van der Waals surface area contributed by atoms with E-state index in [0.29, 0.717) is 31.1 Å². The number of hydroxylamine groups is 3. The summed E-state index contributed by atoms with van der Waals surface area (Å²) in [5.41, 5.74) is 2.30. The van der Waals surface area contributed by atoms with Gasteiger partial charge in [0, 0.05) is 19.6 Å². The van der Waals surface area contributed by atoms with E-state index in [1.54, 1.807) is 0 Å². The Hall–Kier alpha value is -1.51. The molecule has 3 N–H and O–H groups in total. The zero-order valence-electron chi connectivity index (χ0n) is 13.3. The average molecular weight is 380 g/mol. The normalized spacial score (nSPS) is 29.8. The first-order valence-electron chi connectivity index (χ1n) is 7.86. The van der Waals surface area contributed by atoms with E-state index in [1.165, 1.54) is 4.90 Å². The van der Waals surface area contributed by atoms with Crippen LogP contribution in [0.2, 0.25) is 0 Å². The second kappa shape index (κ2) is 7.39. The number of hydrogen-bond acceptors (Lipinski definition) is 8. The van der Waals surface area contributed by atoms with E-state index in [9.17, 15) is 18.0 Å². The Balaban J connectivity index is 1.51. The second-order valence-electron chi connectivity index (χ2n) is 5.98. The molecule has 0 aromatic heterocycles. The third-order valence-electron chi connectivity index (χ3n) is 4.25. The Morgan fingerprint density at radius 2 is 2.24 bits per heavy atom. The Bertz CT molecular complexity index is 623. The molecule has 0 saturated carbocycles. The van der Waals surface area contributed by atoms with E-state index in [4.69, 9.17) is 14.1 Å². The van der Waals surface area contributed by atoms with Crippen molar-refractivity contribution in [3.63, 3.8) is 0 Å². The molecule has 3 amide bonds. The minimum Gasteiger partial charge on any atom is -0.373 e. The van der Waals surface area contributed by atoms with Gasteiger partial charge in [0.25, 0.3) is 5.91 Å². The van der Waals surface area contributed by atoms with Crippen LogP contribution in [0.5, 0.6) is 0 Å². The van der Waals surface area contributed by atoms with Crippen molar-refractivity contribution in [1.82, 2.24) is 20.8 Å². The molecule has 3 atom stereocenters. The van der Waals surface area contributed by atoms with Gasteiger partial charge in [-0.2, -0.15) is 13.5 Å². The van der Waals surface area contributed by atoms with Crippen molar-refractivity contribution in [2.75, 3.05) is 32.8 Å². The third-order valence-corrected chi connectivity index (χ3v) is 4.60. The van der Waals surface area contributed by atoms with Crippen molar-refractivity contribution in [3.8, 4) is 0 Å². The summed E-state index contributed by atoms with van der Waals surface area (Å²) < 4.78 is 40.1. The summed E-state index contributed by atoms with van der Waals surface area (Å²) in [6.07, 6.45) is 0.501. The van der Waals surface area contributed by atoms with Gasteiger partial charge >= 0.3 is 16.4 Å². The third kappa shape index (κ3) is 4.37. The van der Waals surface area contributed by atoms with E-state index in [1.807, 2.05) is 0 Å². The minimum absolute atomic E-state index is 0.127. The van der Waals surface area contributed by atoms with Gasteiger partial charge in [0.05, 0.1) is 18.8 Å². The first-order chi connectivity index (χ1) is 11.8. The molecular formula is C12H20N4O8S. The van der Waals surface area contributed by atoms with Crippen LogP contribution in [-0.4, -0.2) is 85.9 Å². The summed E-state index contributed by atoms with van der Waals surface area (Å²) in [5.74, 6) is -0.510. The molecule has 0 aromatic rings. The molecular weight excluding hydrogens is 360 g/mol. The number of ether oxygens (including phenoxy) is 1. The molecule has 3 saturated heterocycles. The smallest absolute Gasteiger partial charge is 0.373 e. The fourth-order valence-corrected chi connectivity index (χ4v) is 3.49. The van der Waals surface area contributed by atoms with E-state index >= 15 is 0 Å². The number of rotatable bonds is 6. The lowest BCUT2D eigenvalue weighted by molar-refractivity contribution is -0.143. The molecule has 3 heterocycles. The lowest BCUT2D eigenvalue weighted by Crippen LogP contribution is -2.50. The topological polar surface area (TPSA) is 147 Å². The zero-order valence-corrected chi connectivity index (χ0v) is 14.1. The number of nitrogens with one attached hydrogen (secondary N) is 2. The number of carbonyl (C=O) groups excluding carboxylic acids is 2. The quantitative estimate of drug-likeness (QED) is 0.352. The molecule has 3 aliphatic rings. The maximum absolute atomic E-state index is 12.3. The van der Waals surface area contributed by atoms with E-state index in [2.05, 4.69) is 15.1 Å². The molecule has 0 aliphatic carbocycles. The van der Waals surface area contributed by atoms with Crippen LogP contribution < -0.4 is 10.8 Å². The van der Waals surface area contributed by atoms with E-state index < -0.39 is 34.4 Å². The van der Waals surface area contributed by atoms with Gasteiger partial charge in [0.15, 0.2) is 0 Å². The Morgan fingerprint density at radius 1 is 1.44 bits per heavy atom. The van der Waals surface area contributed by atoms with Crippen LogP contribution in [-0.2, 0) is 29.1 Å². The fraction of sp³-hybridized carbons (Fsp3) is 0.833. The molecule has 3 rings (SSSR count). The van der Waals surface area contributed by atoms with Crippen molar-refractivity contribution in [3.05, 3.63) is 0 Å². The van der Waals surface area contributed by atoms with Crippen molar-refractivity contribution in [2.24, 2.45) is 0 Å². The Labute approximate surface area is 144 Å². The highest BCUT2D eigenvalue weighted by Crippen LogP contribution is 2.30. The predicted molar refractivity (Wildman–Crippen MR) is 80.1 cm³/mol. The van der Waals surface area contributed by atoms with Crippen molar-refractivity contribution >= 4 is 22.3 Å². The van der Waals surface area contributed by atoms with Gasteiger partial charge in [-0.05, 0) is 12.8 Å². The van der Waals surface area contributed by atoms with Crippen LogP contribution in [0, 0.1) is 0 Å². The van der Waals surface area contributed by atoms with Gasteiger partial charge < -0.3 is 15.0 Å². The summed E-state index contributed by atoms with van der Waals surface area (Å²) in [4.78, 5) is 30.8. The van der Waals surface area contributed by atoms with Gasteiger partial charge in [-0.1, -0.05) is 0 Å². The van der Waals surface area contributed by atoms with Crippen LogP contribution in [0.4, 0.5) is 4.79 Å². The number of piperidine rings is 1. The molecule has 0 aromatic carbocycles. The number of nitrogens with zero attached hydrogens (tertiary/aromatic N) is 2. The predicted octanol–water partition coefficient (Wildman–Crippen LogP) is -1.97. The summed E-state index contributed by atoms with van der Waals surface area (Å²) in [5, 5.41) is 3.72. The molecule has 3 aliphatic heterocycles. The largest absolute Gasteiger partial charge is 0.418 e. The number of urea groups is 1. The molecule has 0 spiro atoms. The van der Waals surface area contributed by atoms with E-state index in [0.717, 1.165) is 6.54 Å². The first kappa shape index (κ1) is 18.3. The van der Waals surface area contributed by atoms with Crippen molar-refractivity contribution in [2.45, 2.75) is 31.0 Å². The molecule has 25 heavy (non-hydrogen) atoms. The van der Waals surface area contributed by atoms with Crippen LogP contribution in [0.15, 0.2) is 0 Å². The van der Waals surface area contributed by atoms with Gasteiger partial charge in [0.2, 0.25) is 0 Å². The standard InChI is InChI=1S/C12H20N4O8S/c17-11(14-23-7-9-5-13-3-4-22-9)10-2-1-8-6-15(10)12(18)16(8)24-25(19,20)21/h8-10,13H,1-7H2,(H,14,17)(H,19,20,21)/t8-,9?,10+/m1/s1. The van der Waals surface area contributed by atoms with Gasteiger partial charge in [-0.3, -0.25) is 14.2 Å². The first-order valence-corrected chi connectivity index (χ1v) is 9.22. The molecule has 3 fully saturated rings. The number of amides is 3. The second-order valence-corrected chi connectivity index (χ2v) is 6.99.